The van der Waals surface area contributed by atoms with Crippen LogP contribution in [0.4, 0.5) is 24.7 Å². The van der Waals surface area contributed by atoms with Crippen molar-refractivity contribution in [3.05, 3.63) is 65.2 Å². The van der Waals surface area contributed by atoms with E-state index in [0.29, 0.717) is 11.4 Å². The highest BCUT2D eigenvalue weighted by atomic mass is 19.4. The number of aryl methyl sites for hydroxylation is 2. The van der Waals surface area contributed by atoms with Gasteiger partial charge >= 0.3 is 6.18 Å². The summed E-state index contributed by atoms with van der Waals surface area (Å²) in [5.41, 5.74) is 2.53. The Morgan fingerprint density at radius 1 is 1.28 bits per heavy atom. The molecule has 0 saturated carbocycles. The van der Waals surface area contributed by atoms with Crippen molar-refractivity contribution in [2.75, 3.05) is 10.6 Å². The molecule has 152 valence electrons. The summed E-state index contributed by atoms with van der Waals surface area (Å²) in [5.74, 6) is -0.154. The Hall–Kier alpha value is -3.23. The largest absolute Gasteiger partial charge is 0.467 e. The molecule has 0 saturated heterocycles. The number of nitrogens with one attached hydrogen (secondary N) is 2. The fraction of sp³-hybridized carbons (Fsp3) is 0.300. The van der Waals surface area contributed by atoms with Gasteiger partial charge in [-0.25, -0.2) is 4.68 Å². The summed E-state index contributed by atoms with van der Waals surface area (Å²) >= 11 is 0. The first kappa shape index (κ1) is 19.1. The summed E-state index contributed by atoms with van der Waals surface area (Å²) in [5, 5.41) is 9.59. The number of aromatic nitrogens is 2. The Morgan fingerprint density at radius 3 is 2.62 bits per heavy atom. The smallest absolute Gasteiger partial charge is 0.410 e. The molecule has 29 heavy (non-hydrogen) atoms. The molecule has 3 heterocycles. The quantitative estimate of drug-likeness (QED) is 0.644. The number of fused-ring (bicyclic) bond motifs is 1. The Labute approximate surface area is 164 Å². The molecule has 9 heteroatoms. The third-order valence-corrected chi connectivity index (χ3v) is 4.85. The van der Waals surface area contributed by atoms with Gasteiger partial charge in [0, 0.05) is 12.1 Å². The fourth-order valence-corrected chi connectivity index (χ4v) is 3.65. The number of carbonyl (C=O) groups is 1. The lowest BCUT2D eigenvalue weighted by molar-refractivity contribution is -0.174. The van der Waals surface area contributed by atoms with Gasteiger partial charge in [-0.05, 0) is 49.2 Å². The van der Waals surface area contributed by atoms with Gasteiger partial charge in [-0.1, -0.05) is 6.07 Å². The van der Waals surface area contributed by atoms with E-state index in [1.165, 1.54) is 6.26 Å². The molecular formula is C20H19F3N4O2. The molecule has 0 spiro atoms. The highest BCUT2D eigenvalue weighted by Crippen LogP contribution is 2.44. The van der Waals surface area contributed by atoms with E-state index >= 15 is 0 Å². The van der Waals surface area contributed by atoms with Gasteiger partial charge in [0.2, 0.25) is 0 Å². The summed E-state index contributed by atoms with van der Waals surface area (Å²) in [6, 6.07) is 6.16. The second-order valence-corrected chi connectivity index (χ2v) is 7.19. The van der Waals surface area contributed by atoms with Crippen LogP contribution in [0, 0.1) is 13.8 Å². The summed E-state index contributed by atoms with van der Waals surface area (Å²) in [7, 11) is 0. The third-order valence-electron chi connectivity index (χ3n) is 4.85. The number of carbonyl (C=O) groups excluding carboxylic acids is 1. The highest BCUT2D eigenvalue weighted by Gasteiger charge is 2.47. The predicted molar refractivity (Wildman–Crippen MR) is 101 cm³/mol. The summed E-state index contributed by atoms with van der Waals surface area (Å²) in [6.07, 6.45) is -2.25. The van der Waals surface area contributed by atoms with Gasteiger partial charge in [0.25, 0.3) is 5.91 Å². The van der Waals surface area contributed by atoms with Crippen LogP contribution in [0.2, 0.25) is 0 Å². The number of rotatable bonds is 3. The molecule has 0 fully saturated rings. The van der Waals surface area contributed by atoms with Crippen molar-refractivity contribution in [2.24, 2.45) is 0 Å². The number of furan rings is 1. The van der Waals surface area contributed by atoms with Crippen molar-refractivity contribution in [1.29, 1.82) is 0 Å². The molecular weight excluding hydrogens is 385 g/mol. The van der Waals surface area contributed by atoms with Gasteiger partial charge in [-0.15, -0.1) is 0 Å². The standard InChI is InChI=1S/C20H19F3N4O2/c1-11-6-12(2)8-13(7-11)25-19(28)14-10-24-27-17(20(21,22)23)9-15(26-18(14)27)16-4-3-5-29-16/h3-8,10,15,17,26H,9H2,1-2H3,(H,25,28). The van der Waals surface area contributed by atoms with Crippen LogP contribution in [0.3, 0.4) is 0 Å². The topological polar surface area (TPSA) is 72.1 Å². The number of hydrogen-bond donors (Lipinski definition) is 2. The van der Waals surface area contributed by atoms with E-state index in [-0.39, 0.29) is 17.8 Å². The van der Waals surface area contributed by atoms with Crippen molar-refractivity contribution < 1.29 is 22.4 Å². The molecule has 1 aromatic carbocycles. The molecule has 2 unspecified atom stereocenters. The molecule has 0 aliphatic carbocycles. The van der Waals surface area contributed by atoms with Crippen molar-refractivity contribution in [3.63, 3.8) is 0 Å². The maximum atomic E-state index is 13.7. The van der Waals surface area contributed by atoms with E-state index < -0.39 is 24.2 Å². The van der Waals surface area contributed by atoms with Gasteiger partial charge in [-0.3, -0.25) is 4.79 Å². The highest BCUT2D eigenvalue weighted by molar-refractivity contribution is 6.07. The molecule has 3 aromatic rings. The molecule has 1 aliphatic rings. The van der Waals surface area contributed by atoms with Crippen molar-refractivity contribution in [3.8, 4) is 0 Å². The number of alkyl halides is 3. The van der Waals surface area contributed by atoms with E-state index in [1.54, 1.807) is 24.3 Å². The lowest BCUT2D eigenvalue weighted by atomic mass is 10.0. The summed E-state index contributed by atoms with van der Waals surface area (Å²) in [4.78, 5) is 12.8. The molecule has 0 radical (unpaired) electrons. The molecule has 2 aromatic heterocycles. The van der Waals surface area contributed by atoms with Crippen LogP contribution in [-0.4, -0.2) is 21.9 Å². The van der Waals surface area contributed by atoms with E-state index in [2.05, 4.69) is 15.7 Å². The minimum Gasteiger partial charge on any atom is -0.467 e. The van der Waals surface area contributed by atoms with Crippen molar-refractivity contribution >= 4 is 17.4 Å². The van der Waals surface area contributed by atoms with Crippen LogP contribution in [0.5, 0.6) is 0 Å². The zero-order chi connectivity index (χ0) is 20.8. The van der Waals surface area contributed by atoms with Crippen LogP contribution in [0.25, 0.3) is 0 Å². The van der Waals surface area contributed by atoms with Crippen LogP contribution in [0.15, 0.2) is 47.2 Å². The minimum absolute atomic E-state index is 0.0156. The molecule has 0 bridgehead atoms. The normalized spacial score (nSPS) is 18.8. The Bertz CT molecular complexity index is 1020. The predicted octanol–water partition coefficient (Wildman–Crippen LogP) is 5.01. The second kappa shape index (κ2) is 6.98. The molecule has 1 amide bonds. The van der Waals surface area contributed by atoms with Gasteiger partial charge in [0.1, 0.15) is 17.1 Å². The molecule has 2 N–H and O–H groups in total. The van der Waals surface area contributed by atoms with Crippen molar-refractivity contribution in [2.45, 2.75) is 38.5 Å². The van der Waals surface area contributed by atoms with E-state index in [1.807, 2.05) is 19.9 Å². The van der Waals surface area contributed by atoms with E-state index in [9.17, 15) is 18.0 Å². The molecule has 1 aliphatic heterocycles. The molecule has 6 nitrogen and oxygen atoms in total. The average molecular weight is 404 g/mol. The van der Waals surface area contributed by atoms with E-state index in [0.717, 1.165) is 22.0 Å². The maximum absolute atomic E-state index is 13.7. The second-order valence-electron chi connectivity index (χ2n) is 7.19. The van der Waals surface area contributed by atoms with Crippen LogP contribution < -0.4 is 10.6 Å². The van der Waals surface area contributed by atoms with Gasteiger partial charge in [0.05, 0.1) is 18.5 Å². The number of benzene rings is 1. The summed E-state index contributed by atoms with van der Waals surface area (Å²) in [6.45, 7) is 3.79. The number of anilines is 2. The van der Waals surface area contributed by atoms with Crippen LogP contribution in [0.1, 0.15) is 45.7 Å². The first-order chi connectivity index (χ1) is 13.7. The Kier molecular flexibility index (Phi) is 4.60. The number of amides is 1. The number of nitrogens with zero attached hydrogens (tertiary/aromatic N) is 2. The first-order valence-electron chi connectivity index (χ1n) is 9.06. The van der Waals surface area contributed by atoms with Crippen LogP contribution >= 0.6 is 0 Å². The number of halogens is 3. The number of hydrogen-bond acceptors (Lipinski definition) is 4. The minimum atomic E-state index is -4.52. The zero-order valence-electron chi connectivity index (χ0n) is 15.7. The lowest BCUT2D eigenvalue weighted by Crippen LogP contribution is -2.36. The summed E-state index contributed by atoms with van der Waals surface area (Å²) < 4.78 is 47.1. The van der Waals surface area contributed by atoms with Gasteiger partial charge in [-0.2, -0.15) is 18.3 Å². The van der Waals surface area contributed by atoms with Gasteiger partial charge < -0.3 is 15.1 Å². The van der Waals surface area contributed by atoms with Crippen LogP contribution in [-0.2, 0) is 0 Å². The molecule has 2 atom stereocenters. The lowest BCUT2D eigenvalue weighted by Gasteiger charge is -2.32. The van der Waals surface area contributed by atoms with Crippen molar-refractivity contribution in [1.82, 2.24) is 9.78 Å². The monoisotopic (exact) mass is 404 g/mol. The first-order valence-corrected chi connectivity index (χ1v) is 9.06. The zero-order valence-corrected chi connectivity index (χ0v) is 15.7. The maximum Gasteiger partial charge on any atom is 0.410 e. The van der Waals surface area contributed by atoms with Gasteiger partial charge in [0.15, 0.2) is 6.04 Å². The fourth-order valence-electron chi connectivity index (χ4n) is 3.65. The SMILES string of the molecule is Cc1cc(C)cc(NC(=O)c2cnn3c2NC(c2ccco2)CC3C(F)(F)F)c1. The third kappa shape index (κ3) is 3.72. The molecule has 4 rings (SSSR count). The average Bonchev–Trinajstić information content (AvgIpc) is 3.28. The Morgan fingerprint density at radius 2 is 2.00 bits per heavy atom. The van der Waals surface area contributed by atoms with E-state index in [4.69, 9.17) is 4.42 Å². The Balaban J connectivity index is 1.68.